The Morgan fingerprint density at radius 2 is 2.00 bits per heavy atom. The van der Waals surface area contributed by atoms with Crippen molar-refractivity contribution in [2.45, 2.75) is 19.3 Å². The zero-order chi connectivity index (χ0) is 13.1. The standard InChI is InChI=1S/C13H13NO4/c15-11-8-9-4-1-2-5-10(9)13(18)14(11)7-3-6-12(16)17/h1-2,4-5H,3,6-8H2,(H,16,17). The van der Waals surface area contributed by atoms with E-state index < -0.39 is 5.97 Å². The van der Waals surface area contributed by atoms with Gasteiger partial charge in [-0.05, 0) is 18.1 Å². The van der Waals surface area contributed by atoms with E-state index in [1.165, 1.54) is 0 Å². The number of carboxylic acids is 1. The molecule has 1 aromatic rings. The first kappa shape index (κ1) is 12.3. The maximum atomic E-state index is 12.1. The lowest BCUT2D eigenvalue weighted by atomic mass is 9.98. The number of rotatable bonds is 4. The normalized spacial score (nSPS) is 14.6. The Labute approximate surface area is 104 Å². The Balaban J connectivity index is 2.12. The quantitative estimate of drug-likeness (QED) is 0.808. The van der Waals surface area contributed by atoms with Crippen molar-refractivity contribution < 1.29 is 19.5 Å². The van der Waals surface area contributed by atoms with Gasteiger partial charge in [-0.25, -0.2) is 0 Å². The number of carbonyl (C=O) groups excluding carboxylic acids is 2. The summed E-state index contributed by atoms with van der Waals surface area (Å²) in [7, 11) is 0. The number of carbonyl (C=O) groups is 3. The lowest BCUT2D eigenvalue weighted by molar-refractivity contribution is -0.137. The van der Waals surface area contributed by atoms with Gasteiger partial charge in [-0.3, -0.25) is 19.3 Å². The molecular weight excluding hydrogens is 234 g/mol. The first-order valence-electron chi connectivity index (χ1n) is 5.74. The molecule has 94 valence electrons. The maximum Gasteiger partial charge on any atom is 0.303 e. The van der Waals surface area contributed by atoms with Crippen molar-refractivity contribution >= 4 is 17.8 Å². The van der Waals surface area contributed by atoms with Crippen molar-refractivity contribution in [2.24, 2.45) is 0 Å². The third-order valence-corrected chi connectivity index (χ3v) is 2.91. The fourth-order valence-corrected chi connectivity index (χ4v) is 2.01. The molecule has 0 aromatic heterocycles. The van der Waals surface area contributed by atoms with E-state index in [0.29, 0.717) is 5.56 Å². The van der Waals surface area contributed by atoms with Crippen LogP contribution in [0.5, 0.6) is 0 Å². The van der Waals surface area contributed by atoms with Crippen LogP contribution in [0.4, 0.5) is 0 Å². The number of amides is 2. The van der Waals surface area contributed by atoms with E-state index in [1.807, 2.05) is 0 Å². The van der Waals surface area contributed by atoms with E-state index in [9.17, 15) is 14.4 Å². The summed E-state index contributed by atoms with van der Waals surface area (Å²) < 4.78 is 0. The molecule has 0 fully saturated rings. The third-order valence-electron chi connectivity index (χ3n) is 2.91. The second-order valence-electron chi connectivity index (χ2n) is 4.18. The fourth-order valence-electron chi connectivity index (χ4n) is 2.01. The molecule has 1 N–H and O–H groups in total. The molecule has 0 radical (unpaired) electrons. The molecule has 2 rings (SSSR count). The smallest absolute Gasteiger partial charge is 0.303 e. The minimum absolute atomic E-state index is 0.0429. The highest BCUT2D eigenvalue weighted by Crippen LogP contribution is 2.19. The van der Waals surface area contributed by atoms with Crippen LogP contribution in [-0.2, 0) is 16.0 Å². The molecule has 1 heterocycles. The van der Waals surface area contributed by atoms with E-state index >= 15 is 0 Å². The van der Waals surface area contributed by atoms with Gasteiger partial charge in [0.1, 0.15) is 0 Å². The molecule has 5 nitrogen and oxygen atoms in total. The molecule has 18 heavy (non-hydrogen) atoms. The van der Waals surface area contributed by atoms with Gasteiger partial charge in [-0.1, -0.05) is 18.2 Å². The molecule has 0 spiro atoms. The highest BCUT2D eigenvalue weighted by molar-refractivity contribution is 6.09. The average molecular weight is 247 g/mol. The maximum absolute atomic E-state index is 12.1. The first-order chi connectivity index (χ1) is 8.59. The molecule has 2 amide bonds. The Bertz CT molecular complexity index is 509. The minimum Gasteiger partial charge on any atom is -0.481 e. The van der Waals surface area contributed by atoms with Crippen LogP contribution in [0.15, 0.2) is 24.3 Å². The molecule has 0 bridgehead atoms. The van der Waals surface area contributed by atoms with Crippen molar-refractivity contribution in [3.8, 4) is 0 Å². The highest BCUT2D eigenvalue weighted by Gasteiger charge is 2.29. The van der Waals surface area contributed by atoms with Gasteiger partial charge in [0.25, 0.3) is 5.91 Å². The van der Waals surface area contributed by atoms with Crippen molar-refractivity contribution in [1.29, 1.82) is 0 Å². The Hall–Kier alpha value is -2.17. The summed E-state index contributed by atoms with van der Waals surface area (Å²) in [5.74, 6) is -1.51. The molecule has 5 heteroatoms. The Kier molecular flexibility index (Phi) is 3.41. The third kappa shape index (κ3) is 2.40. The predicted molar refractivity (Wildman–Crippen MR) is 63.1 cm³/mol. The molecule has 0 unspecified atom stereocenters. The number of hydrogen-bond acceptors (Lipinski definition) is 3. The van der Waals surface area contributed by atoms with Gasteiger partial charge in [0.15, 0.2) is 0 Å². The SMILES string of the molecule is O=C(O)CCCN1C(=O)Cc2ccccc2C1=O. The molecular formula is C13H13NO4. The van der Waals surface area contributed by atoms with Crippen LogP contribution in [-0.4, -0.2) is 34.3 Å². The Morgan fingerprint density at radius 1 is 1.28 bits per heavy atom. The van der Waals surface area contributed by atoms with Crippen LogP contribution in [0.25, 0.3) is 0 Å². The molecule has 0 atom stereocenters. The fraction of sp³-hybridized carbons (Fsp3) is 0.308. The average Bonchev–Trinajstić information content (AvgIpc) is 2.33. The van der Waals surface area contributed by atoms with Gasteiger partial charge < -0.3 is 5.11 Å². The number of hydrogen-bond donors (Lipinski definition) is 1. The topological polar surface area (TPSA) is 74.7 Å². The van der Waals surface area contributed by atoms with Crippen LogP contribution in [0, 0.1) is 0 Å². The minimum atomic E-state index is -0.924. The van der Waals surface area contributed by atoms with E-state index in [0.717, 1.165) is 10.5 Å². The van der Waals surface area contributed by atoms with Crippen LogP contribution < -0.4 is 0 Å². The summed E-state index contributed by atoms with van der Waals surface area (Å²) in [6.07, 6.45) is 0.447. The number of fused-ring (bicyclic) bond motifs is 1. The molecule has 0 aliphatic carbocycles. The summed E-state index contributed by atoms with van der Waals surface area (Å²) in [5.41, 5.74) is 1.27. The number of imide groups is 1. The highest BCUT2D eigenvalue weighted by atomic mass is 16.4. The summed E-state index contributed by atoms with van der Waals surface area (Å²) in [6, 6.07) is 7.00. The molecule has 0 saturated carbocycles. The van der Waals surface area contributed by atoms with Crippen LogP contribution >= 0.6 is 0 Å². The number of nitrogens with zero attached hydrogens (tertiary/aromatic N) is 1. The number of benzene rings is 1. The van der Waals surface area contributed by atoms with Gasteiger partial charge in [0.2, 0.25) is 5.91 Å². The van der Waals surface area contributed by atoms with E-state index in [1.54, 1.807) is 24.3 Å². The summed E-state index contributed by atoms with van der Waals surface area (Å²) in [5, 5.41) is 8.54. The second-order valence-corrected chi connectivity index (χ2v) is 4.18. The zero-order valence-electron chi connectivity index (χ0n) is 9.76. The van der Waals surface area contributed by atoms with E-state index in [2.05, 4.69) is 0 Å². The van der Waals surface area contributed by atoms with Gasteiger partial charge in [-0.15, -0.1) is 0 Å². The Morgan fingerprint density at radius 3 is 2.72 bits per heavy atom. The largest absolute Gasteiger partial charge is 0.481 e. The van der Waals surface area contributed by atoms with Crippen LogP contribution in [0.3, 0.4) is 0 Å². The zero-order valence-corrected chi connectivity index (χ0v) is 9.76. The molecule has 0 saturated heterocycles. The van der Waals surface area contributed by atoms with Crippen LogP contribution in [0.1, 0.15) is 28.8 Å². The molecule has 1 aliphatic rings. The lowest BCUT2D eigenvalue weighted by Crippen LogP contribution is -2.42. The van der Waals surface area contributed by atoms with Crippen molar-refractivity contribution in [3.05, 3.63) is 35.4 Å². The van der Waals surface area contributed by atoms with Crippen molar-refractivity contribution in [2.75, 3.05) is 6.54 Å². The van der Waals surface area contributed by atoms with Crippen molar-refractivity contribution in [1.82, 2.24) is 4.90 Å². The van der Waals surface area contributed by atoms with Gasteiger partial charge in [-0.2, -0.15) is 0 Å². The first-order valence-corrected chi connectivity index (χ1v) is 5.74. The van der Waals surface area contributed by atoms with Gasteiger partial charge >= 0.3 is 5.97 Å². The van der Waals surface area contributed by atoms with Crippen LogP contribution in [0.2, 0.25) is 0 Å². The summed E-state index contributed by atoms with van der Waals surface area (Å²) in [4.78, 5) is 35.4. The van der Waals surface area contributed by atoms with E-state index in [-0.39, 0.29) is 37.6 Å². The summed E-state index contributed by atoms with van der Waals surface area (Å²) >= 11 is 0. The molecule has 1 aromatic carbocycles. The van der Waals surface area contributed by atoms with Gasteiger partial charge in [0, 0.05) is 18.5 Å². The van der Waals surface area contributed by atoms with Gasteiger partial charge in [0.05, 0.1) is 6.42 Å². The molecule has 1 aliphatic heterocycles. The monoisotopic (exact) mass is 247 g/mol. The van der Waals surface area contributed by atoms with E-state index in [4.69, 9.17) is 5.11 Å². The van der Waals surface area contributed by atoms with Crippen molar-refractivity contribution in [3.63, 3.8) is 0 Å². The number of carboxylic acid groups (broad SMARTS) is 1. The number of aliphatic carboxylic acids is 1. The summed E-state index contributed by atoms with van der Waals surface area (Å²) in [6.45, 7) is 0.165. The predicted octanol–water partition coefficient (Wildman–Crippen LogP) is 1.08. The lowest BCUT2D eigenvalue weighted by Gasteiger charge is -2.26. The second kappa shape index (κ2) is 5.00.